The van der Waals surface area contributed by atoms with Gasteiger partial charge >= 0.3 is 0 Å². The third-order valence-corrected chi connectivity index (χ3v) is 9.88. The van der Waals surface area contributed by atoms with Gasteiger partial charge in [-0.2, -0.15) is 0 Å². The second kappa shape index (κ2) is 9.15. The highest BCUT2D eigenvalue weighted by Crippen LogP contribution is 2.42. The molecule has 1 aromatic heterocycles. The second-order valence-electron chi connectivity index (χ2n) is 10.3. The highest BCUT2D eigenvalue weighted by atomic mass is 32.2. The lowest BCUT2D eigenvalue weighted by molar-refractivity contribution is 0.0988. The lowest BCUT2D eigenvalue weighted by Gasteiger charge is -2.52. The number of Topliss-reactive ketones (excluding diaryl/α,β-unsaturated/α-hetero) is 1. The maximum absolute atomic E-state index is 15.1. The van der Waals surface area contributed by atoms with Crippen molar-refractivity contribution in [3.05, 3.63) is 101 Å². The Bertz CT molecular complexity index is 1480. The van der Waals surface area contributed by atoms with Gasteiger partial charge in [-0.3, -0.25) is 19.7 Å². The predicted octanol–water partition coefficient (Wildman–Crippen LogP) is 3.21. The van der Waals surface area contributed by atoms with Crippen molar-refractivity contribution < 1.29 is 17.6 Å². The zero-order valence-corrected chi connectivity index (χ0v) is 21.6. The largest absolute Gasteiger partial charge is 0.386 e. The van der Waals surface area contributed by atoms with Crippen molar-refractivity contribution in [1.82, 2.24) is 9.88 Å². The Morgan fingerprint density at radius 2 is 1.81 bits per heavy atom. The van der Waals surface area contributed by atoms with E-state index in [0.29, 0.717) is 17.8 Å². The average molecular weight is 521 g/mol. The van der Waals surface area contributed by atoms with E-state index in [-0.39, 0.29) is 42.4 Å². The zero-order chi connectivity index (χ0) is 26.4. The van der Waals surface area contributed by atoms with Gasteiger partial charge in [-0.1, -0.05) is 42.5 Å². The van der Waals surface area contributed by atoms with Crippen LogP contribution in [-0.4, -0.2) is 53.5 Å². The smallest absolute Gasteiger partial charge is 0.185 e. The molecule has 0 aliphatic carbocycles. The van der Waals surface area contributed by atoms with Gasteiger partial charge in [0.15, 0.2) is 20.4 Å². The number of rotatable bonds is 6. The summed E-state index contributed by atoms with van der Waals surface area (Å²) in [7, 11) is -3.76. The van der Waals surface area contributed by atoms with E-state index in [1.165, 1.54) is 18.2 Å². The molecule has 0 radical (unpaired) electrons. The van der Waals surface area contributed by atoms with Crippen LogP contribution in [0.5, 0.6) is 0 Å². The van der Waals surface area contributed by atoms with E-state index in [4.69, 9.17) is 5.73 Å². The Morgan fingerprint density at radius 1 is 1.08 bits per heavy atom. The monoisotopic (exact) mass is 520 g/mol. The van der Waals surface area contributed by atoms with Gasteiger partial charge in [0.05, 0.1) is 5.75 Å². The Balaban J connectivity index is 1.39. The molecule has 1 fully saturated rings. The SMILES string of the molecule is Cc1ccc(C(=O)Cc2ccc(F)c([C@]3(C)CS(=O)(=O)C4(CN(Cc5ccccc5)C4)C(N)=N3)c2)nc1. The van der Waals surface area contributed by atoms with Gasteiger partial charge in [0.1, 0.15) is 22.9 Å². The molecule has 9 heteroatoms. The Kier molecular flexibility index (Phi) is 6.24. The number of aryl methyl sites for hydroxylation is 1. The van der Waals surface area contributed by atoms with Crippen molar-refractivity contribution >= 4 is 21.5 Å². The molecular weight excluding hydrogens is 491 g/mol. The van der Waals surface area contributed by atoms with Crippen LogP contribution in [0.1, 0.15) is 39.7 Å². The predicted molar refractivity (Wildman–Crippen MR) is 141 cm³/mol. The fourth-order valence-electron chi connectivity index (χ4n) is 5.20. The minimum Gasteiger partial charge on any atom is -0.386 e. The lowest BCUT2D eigenvalue weighted by Crippen LogP contribution is -2.74. The molecule has 7 nitrogen and oxygen atoms in total. The Morgan fingerprint density at radius 3 is 2.46 bits per heavy atom. The van der Waals surface area contributed by atoms with Crippen LogP contribution in [0.25, 0.3) is 0 Å². The molecule has 37 heavy (non-hydrogen) atoms. The second-order valence-corrected chi connectivity index (χ2v) is 12.6. The minimum atomic E-state index is -3.76. The number of carbonyl (C=O) groups is 1. The molecule has 1 saturated heterocycles. The van der Waals surface area contributed by atoms with Gasteiger partial charge in [-0.25, -0.2) is 12.8 Å². The number of hydrogen-bond donors (Lipinski definition) is 1. The molecule has 2 aromatic carbocycles. The van der Waals surface area contributed by atoms with Gasteiger partial charge < -0.3 is 5.73 Å². The molecule has 192 valence electrons. The number of aromatic nitrogens is 1. The number of halogens is 1. The molecular formula is C28H29FN4O3S. The molecule has 5 rings (SSSR count). The molecule has 0 amide bonds. The van der Waals surface area contributed by atoms with Crippen LogP contribution < -0.4 is 5.73 Å². The fraction of sp³-hybridized carbons (Fsp3) is 0.321. The van der Waals surface area contributed by atoms with E-state index in [9.17, 15) is 13.2 Å². The summed E-state index contributed by atoms with van der Waals surface area (Å²) < 4.78 is 41.0. The summed E-state index contributed by atoms with van der Waals surface area (Å²) in [6.45, 7) is 4.57. The quantitative estimate of drug-likeness (QED) is 0.501. The minimum absolute atomic E-state index is 0.00372. The molecule has 3 aromatic rings. The highest BCUT2D eigenvalue weighted by molar-refractivity contribution is 7.93. The summed E-state index contributed by atoms with van der Waals surface area (Å²) in [6.07, 6.45) is 1.62. The van der Waals surface area contributed by atoms with Crippen molar-refractivity contribution in [2.24, 2.45) is 10.7 Å². The molecule has 0 unspecified atom stereocenters. The maximum Gasteiger partial charge on any atom is 0.185 e. The van der Waals surface area contributed by atoms with Gasteiger partial charge in [0.2, 0.25) is 0 Å². The van der Waals surface area contributed by atoms with E-state index in [1.54, 1.807) is 25.3 Å². The molecule has 0 saturated carbocycles. The summed E-state index contributed by atoms with van der Waals surface area (Å²) >= 11 is 0. The summed E-state index contributed by atoms with van der Waals surface area (Å²) in [4.78, 5) is 23.5. The number of likely N-dealkylation sites (tertiary alicyclic amines) is 1. The number of carbonyl (C=O) groups excluding carboxylic acids is 1. The first-order valence-electron chi connectivity index (χ1n) is 12.1. The average Bonchev–Trinajstić information content (AvgIpc) is 2.82. The van der Waals surface area contributed by atoms with Gasteiger partial charge in [0.25, 0.3) is 0 Å². The van der Waals surface area contributed by atoms with Crippen molar-refractivity contribution in [2.75, 3.05) is 18.8 Å². The first-order valence-corrected chi connectivity index (χ1v) is 13.8. The topological polar surface area (TPSA) is 106 Å². The van der Waals surface area contributed by atoms with E-state index in [1.807, 2.05) is 42.2 Å². The van der Waals surface area contributed by atoms with Crippen LogP contribution in [0.2, 0.25) is 0 Å². The maximum atomic E-state index is 15.1. The number of pyridine rings is 1. The van der Waals surface area contributed by atoms with Gasteiger partial charge in [-0.15, -0.1) is 0 Å². The van der Waals surface area contributed by atoms with Crippen LogP contribution in [0, 0.1) is 12.7 Å². The van der Waals surface area contributed by atoms with Crippen LogP contribution in [-0.2, 0) is 28.3 Å². The number of aliphatic imine (C=N–C) groups is 1. The number of benzene rings is 2. The highest BCUT2D eigenvalue weighted by Gasteiger charge is 2.61. The number of ketones is 1. The molecule has 3 heterocycles. The molecule has 2 aliphatic rings. The normalized spacial score (nSPS) is 22.3. The number of amidine groups is 1. The third kappa shape index (κ3) is 4.57. The lowest BCUT2D eigenvalue weighted by atomic mass is 9.89. The summed E-state index contributed by atoms with van der Waals surface area (Å²) in [5.41, 5.74) is 7.93. The van der Waals surface area contributed by atoms with Gasteiger partial charge in [-0.05, 0) is 48.7 Å². The third-order valence-electron chi connectivity index (χ3n) is 7.28. The van der Waals surface area contributed by atoms with E-state index >= 15 is 4.39 Å². The molecule has 0 bridgehead atoms. The van der Waals surface area contributed by atoms with Crippen LogP contribution in [0.3, 0.4) is 0 Å². The van der Waals surface area contributed by atoms with Crippen LogP contribution in [0.15, 0.2) is 71.9 Å². The number of nitrogens with zero attached hydrogens (tertiary/aromatic N) is 3. The van der Waals surface area contributed by atoms with Gasteiger partial charge in [0, 0.05) is 37.8 Å². The number of hydrogen-bond acceptors (Lipinski definition) is 7. The van der Waals surface area contributed by atoms with Crippen LogP contribution in [0.4, 0.5) is 4.39 Å². The van der Waals surface area contributed by atoms with Crippen molar-refractivity contribution in [2.45, 2.75) is 37.1 Å². The molecule has 1 spiro atoms. The molecule has 2 N–H and O–H groups in total. The van der Waals surface area contributed by atoms with E-state index in [0.717, 1.165) is 11.1 Å². The van der Waals surface area contributed by atoms with Crippen molar-refractivity contribution in [3.8, 4) is 0 Å². The van der Waals surface area contributed by atoms with Crippen molar-refractivity contribution in [3.63, 3.8) is 0 Å². The summed E-state index contributed by atoms with van der Waals surface area (Å²) in [5.74, 6) is -1.16. The standard InChI is InChI=1S/C28H29FN4O3S/c1-19-8-11-24(31-14-19)25(34)13-21-9-10-23(29)22(12-21)27(2)18-37(35,36)28(26(30)32-27)16-33(17-28)15-20-6-4-3-5-7-20/h3-12,14H,13,15-18H2,1-2H3,(H2,30,32)/t27-/m0/s1. The number of sulfone groups is 1. The van der Waals surface area contributed by atoms with Crippen molar-refractivity contribution in [1.29, 1.82) is 0 Å². The first-order chi connectivity index (χ1) is 17.5. The number of nitrogens with two attached hydrogens (primary N) is 1. The Hall–Kier alpha value is -3.43. The van der Waals surface area contributed by atoms with Crippen LogP contribution >= 0.6 is 0 Å². The summed E-state index contributed by atoms with van der Waals surface area (Å²) in [6, 6.07) is 17.5. The zero-order valence-electron chi connectivity index (χ0n) is 20.8. The molecule has 1 atom stereocenters. The Labute approximate surface area is 216 Å². The van der Waals surface area contributed by atoms with E-state index in [2.05, 4.69) is 9.98 Å². The molecule has 2 aliphatic heterocycles. The fourth-order valence-corrected chi connectivity index (χ4v) is 7.56. The van der Waals surface area contributed by atoms with E-state index < -0.39 is 25.9 Å². The summed E-state index contributed by atoms with van der Waals surface area (Å²) in [5, 5.41) is 0. The first kappa shape index (κ1) is 25.2.